The number of hydrogen-bond acceptors (Lipinski definition) is 3. The first-order valence-electron chi connectivity index (χ1n) is 6.00. The van der Waals surface area contributed by atoms with Gasteiger partial charge in [0.25, 0.3) is 0 Å². The minimum absolute atomic E-state index is 0.0241. The van der Waals surface area contributed by atoms with Gasteiger partial charge >= 0.3 is 0 Å². The summed E-state index contributed by atoms with van der Waals surface area (Å²) < 4.78 is 11.5. The molecular weight excluding hydrogens is 214 g/mol. The number of ether oxygens (including phenoxy) is 2. The molecule has 0 bridgehead atoms. The largest absolute Gasteiger partial charge is 0.347 e. The third-order valence-electron chi connectivity index (χ3n) is 3.01. The van der Waals surface area contributed by atoms with Crippen LogP contribution in [0.2, 0.25) is 0 Å². The summed E-state index contributed by atoms with van der Waals surface area (Å²) in [7, 11) is 0. The van der Waals surface area contributed by atoms with Crippen LogP contribution in [0, 0.1) is 0 Å². The van der Waals surface area contributed by atoms with Gasteiger partial charge in [-0.15, -0.1) is 0 Å². The Morgan fingerprint density at radius 3 is 2.47 bits per heavy atom. The Hall–Kier alpha value is -0.900. The standard InChI is InChI=1S/C14H21NO2/c1-13(2,15)11-8-6-5-7-10(11)12-9-16-14(3,4)17-12/h5-8,12H,9,15H2,1-4H3. The summed E-state index contributed by atoms with van der Waals surface area (Å²) in [5.74, 6) is -0.503. The Balaban J connectivity index is 2.34. The molecule has 94 valence electrons. The van der Waals surface area contributed by atoms with Gasteiger partial charge in [0.05, 0.1) is 6.61 Å². The molecule has 3 heteroatoms. The molecule has 0 saturated carbocycles. The monoisotopic (exact) mass is 235 g/mol. The highest BCUT2D eigenvalue weighted by Gasteiger charge is 2.35. The molecule has 1 aromatic carbocycles. The van der Waals surface area contributed by atoms with Crippen LogP contribution < -0.4 is 5.73 Å². The molecule has 1 aliphatic rings. The van der Waals surface area contributed by atoms with Crippen molar-refractivity contribution in [1.82, 2.24) is 0 Å². The van der Waals surface area contributed by atoms with Crippen LogP contribution in [-0.2, 0) is 15.0 Å². The van der Waals surface area contributed by atoms with Crippen LogP contribution in [-0.4, -0.2) is 12.4 Å². The van der Waals surface area contributed by atoms with Crippen molar-refractivity contribution < 1.29 is 9.47 Å². The third-order valence-corrected chi connectivity index (χ3v) is 3.01. The summed E-state index contributed by atoms with van der Waals surface area (Å²) in [5, 5.41) is 0. The van der Waals surface area contributed by atoms with Gasteiger partial charge in [0.2, 0.25) is 0 Å². The van der Waals surface area contributed by atoms with E-state index in [1.54, 1.807) is 0 Å². The molecule has 0 aliphatic carbocycles. The van der Waals surface area contributed by atoms with Crippen LogP contribution in [0.25, 0.3) is 0 Å². The predicted molar refractivity (Wildman–Crippen MR) is 67.5 cm³/mol. The Morgan fingerprint density at radius 1 is 1.29 bits per heavy atom. The van der Waals surface area contributed by atoms with Crippen molar-refractivity contribution in [3.63, 3.8) is 0 Å². The van der Waals surface area contributed by atoms with Crippen molar-refractivity contribution in [3.8, 4) is 0 Å². The average molecular weight is 235 g/mol. The summed E-state index contributed by atoms with van der Waals surface area (Å²) in [5.41, 5.74) is 8.08. The lowest BCUT2D eigenvalue weighted by Crippen LogP contribution is -2.31. The Labute approximate surface area is 103 Å². The highest BCUT2D eigenvalue weighted by molar-refractivity contribution is 5.34. The van der Waals surface area contributed by atoms with E-state index in [2.05, 4.69) is 12.1 Å². The van der Waals surface area contributed by atoms with E-state index in [0.29, 0.717) is 6.61 Å². The maximum absolute atomic E-state index is 6.20. The molecule has 0 radical (unpaired) electrons. The fourth-order valence-electron chi connectivity index (χ4n) is 2.20. The van der Waals surface area contributed by atoms with E-state index in [1.807, 2.05) is 39.8 Å². The summed E-state index contributed by atoms with van der Waals surface area (Å²) in [6.07, 6.45) is -0.0241. The summed E-state index contributed by atoms with van der Waals surface area (Å²) in [4.78, 5) is 0. The molecule has 1 heterocycles. The quantitative estimate of drug-likeness (QED) is 0.857. The van der Waals surface area contributed by atoms with Gasteiger partial charge in [-0.1, -0.05) is 24.3 Å². The zero-order valence-corrected chi connectivity index (χ0v) is 11.0. The van der Waals surface area contributed by atoms with E-state index < -0.39 is 5.79 Å². The number of nitrogens with two attached hydrogens (primary N) is 1. The lowest BCUT2D eigenvalue weighted by molar-refractivity contribution is -0.139. The topological polar surface area (TPSA) is 44.5 Å². The fourth-order valence-corrected chi connectivity index (χ4v) is 2.20. The van der Waals surface area contributed by atoms with E-state index >= 15 is 0 Å². The lowest BCUT2D eigenvalue weighted by atomic mass is 9.89. The average Bonchev–Trinajstić information content (AvgIpc) is 2.58. The molecule has 1 aromatic rings. The minimum Gasteiger partial charge on any atom is -0.347 e. The van der Waals surface area contributed by atoms with Crippen LogP contribution in [0.3, 0.4) is 0 Å². The molecule has 17 heavy (non-hydrogen) atoms. The van der Waals surface area contributed by atoms with Gasteiger partial charge in [0, 0.05) is 5.54 Å². The SMILES string of the molecule is CC1(C)OCC(c2ccccc2C(C)(C)N)O1. The van der Waals surface area contributed by atoms with Crippen molar-refractivity contribution in [2.45, 2.75) is 45.1 Å². The smallest absolute Gasteiger partial charge is 0.163 e. The van der Waals surface area contributed by atoms with Gasteiger partial charge in [-0.2, -0.15) is 0 Å². The molecule has 0 spiro atoms. The number of rotatable bonds is 2. The van der Waals surface area contributed by atoms with Crippen LogP contribution in [0.15, 0.2) is 24.3 Å². The van der Waals surface area contributed by atoms with Crippen molar-refractivity contribution >= 4 is 0 Å². The molecule has 1 atom stereocenters. The summed E-state index contributed by atoms with van der Waals surface area (Å²) in [6.45, 7) is 8.46. The zero-order valence-electron chi connectivity index (χ0n) is 11.0. The number of hydrogen-bond donors (Lipinski definition) is 1. The van der Waals surface area contributed by atoms with Gasteiger partial charge in [-0.05, 0) is 38.8 Å². The molecule has 1 saturated heterocycles. The van der Waals surface area contributed by atoms with Crippen molar-refractivity contribution in [2.24, 2.45) is 5.73 Å². The van der Waals surface area contributed by atoms with Gasteiger partial charge in [0.15, 0.2) is 5.79 Å². The van der Waals surface area contributed by atoms with Crippen molar-refractivity contribution in [2.75, 3.05) is 6.61 Å². The van der Waals surface area contributed by atoms with E-state index in [0.717, 1.165) is 11.1 Å². The molecule has 1 aliphatic heterocycles. The molecule has 3 nitrogen and oxygen atoms in total. The Morgan fingerprint density at radius 2 is 1.94 bits per heavy atom. The second kappa shape index (κ2) is 4.09. The normalized spacial score (nSPS) is 23.9. The van der Waals surface area contributed by atoms with Crippen LogP contribution in [0.1, 0.15) is 44.9 Å². The van der Waals surface area contributed by atoms with E-state index in [9.17, 15) is 0 Å². The van der Waals surface area contributed by atoms with Gasteiger partial charge < -0.3 is 15.2 Å². The van der Waals surface area contributed by atoms with Gasteiger partial charge in [0.1, 0.15) is 6.10 Å². The molecule has 2 rings (SSSR count). The highest BCUT2D eigenvalue weighted by Crippen LogP contribution is 2.36. The second-order valence-electron chi connectivity index (χ2n) is 5.63. The minimum atomic E-state index is -0.503. The third kappa shape index (κ3) is 2.68. The first kappa shape index (κ1) is 12.6. The lowest BCUT2D eigenvalue weighted by Gasteiger charge is -2.25. The van der Waals surface area contributed by atoms with E-state index in [1.165, 1.54) is 0 Å². The summed E-state index contributed by atoms with van der Waals surface area (Å²) in [6, 6.07) is 8.15. The Kier molecular flexibility index (Phi) is 3.02. The van der Waals surface area contributed by atoms with Crippen LogP contribution >= 0.6 is 0 Å². The Bertz CT molecular complexity index is 407. The van der Waals surface area contributed by atoms with Crippen LogP contribution in [0.5, 0.6) is 0 Å². The van der Waals surface area contributed by atoms with Gasteiger partial charge in [-0.3, -0.25) is 0 Å². The molecule has 1 fully saturated rings. The zero-order chi connectivity index (χ0) is 12.7. The second-order valence-corrected chi connectivity index (χ2v) is 5.63. The first-order chi connectivity index (χ1) is 7.80. The van der Waals surface area contributed by atoms with Crippen molar-refractivity contribution in [1.29, 1.82) is 0 Å². The summed E-state index contributed by atoms with van der Waals surface area (Å²) >= 11 is 0. The molecule has 0 aromatic heterocycles. The molecule has 1 unspecified atom stereocenters. The molecular formula is C14H21NO2. The maximum Gasteiger partial charge on any atom is 0.163 e. The number of benzene rings is 1. The maximum atomic E-state index is 6.20. The fraction of sp³-hybridized carbons (Fsp3) is 0.571. The first-order valence-corrected chi connectivity index (χ1v) is 6.00. The van der Waals surface area contributed by atoms with Crippen molar-refractivity contribution in [3.05, 3.63) is 35.4 Å². The van der Waals surface area contributed by atoms with E-state index in [-0.39, 0.29) is 11.6 Å². The van der Waals surface area contributed by atoms with Crippen LogP contribution in [0.4, 0.5) is 0 Å². The van der Waals surface area contributed by atoms with E-state index in [4.69, 9.17) is 15.2 Å². The molecule has 2 N–H and O–H groups in total. The predicted octanol–water partition coefficient (Wildman–Crippen LogP) is 2.70. The highest BCUT2D eigenvalue weighted by atomic mass is 16.7. The van der Waals surface area contributed by atoms with Gasteiger partial charge in [-0.25, -0.2) is 0 Å². The molecule has 0 amide bonds.